The van der Waals surface area contributed by atoms with Crippen LogP contribution >= 0.6 is 11.6 Å². The number of hydrogen-bond donors (Lipinski definition) is 1. The highest BCUT2D eigenvalue weighted by molar-refractivity contribution is 6.28. The summed E-state index contributed by atoms with van der Waals surface area (Å²) in [4.78, 5) is 11.9. The summed E-state index contributed by atoms with van der Waals surface area (Å²) in [6, 6.07) is 0. The van der Waals surface area contributed by atoms with Crippen LogP contribution in [0.2, 0.25) is 5.28 Å². The number of halogens is 1. The minimum atomic E-state index is 0.218. The van der Waals surface area contributed by atoms with Crippen LogP contribution in [0.5, 0.6) is 0 Å². The van der Waals surface area contributed by atoms with Crippen LogP contribution in [-0.2, 0) is 0 Å². The van der Waals surface area contributed by atoms with Crippen LogP contribution in [-0.4, -0.2) is 21.5 Å². The highest BCUT2D eigenvalue weighted by Gasteiger charge is 2.00. The molecule has 76 valence electrons. The minimum absolute atomic E-state index is 0.218. The molecule has 0 saturated carbocycles. The first kappa shape index (κ1) is 10.9. The number of hydrogen-bond acceptors (Lipinski definition) is 4. The molecule has 0 fully saturated rings. The molecule has 0 spiro atoms. The van der Waals surface area contributed by atoms with Gasteiger partial charge in [-0.05, 0) is 31.9 Å². The third-order valence-electron chi connectivity index (χ3n) is 1.55. The Morgan fingerprint density at radius 2 is 2.14 bits per heavy atom. The van der Waals surface area contributed by atoms with Crippen molar-refractivity contribution >= 4 is 17.5 Å². The molecule has 1 aromatic heterocycles. The minimum Gasteiger partial charge on any atom is -0.354 e. The van der Waals surface area contributed by atoms with Gasteiger partial charge in [-0.2, -0.15) is 9.97 Å². The van der Waals surface area contributed by atoms with E-state index in [2.05, 4.69) is 26.8 Å². The summed E-state index contributed by atoms with van der Waals surface area (Å²) in [5.74, 6) is 1.13. The second-order valence-corrected chi connectivity index (χ2v) is 3.45. The van der Waals surface area contributed by atoms with E-state index in [4.69, 9.17) is 11.6 Å². The van der Waals surface area contributed by atoms with Crippen LogP contribution in [0, 0.1) is 6.92 Å². The van der Waals surface area contributed by atoms with Crippen molar-refractivity contribution in [1.29, 1.82) is 0 Å². The van der Waals surface area contributed by atoms with Crippen molar-refractivity contribution in [3.05, 3.63) is 23.3 Å². The Balaban J connectivity index is 2.54. The molecule has 0 aliphatic carbocycles. The molecular weight excluding hydrogens is 200 g/mol. The lowest BCUT2D eigenvalue weighted by Gasteiger charge is -2.04. The van der Waals surface area contributed by atoms with E-state index >= 15 is 0 Å². The second kappa shape index (κ2) is 4.91. The van der Waals surface area contributed by atoms with Crippen molar-refractivity contribution in [2.24, 2.45) is 0 Å². The number of nitrogens with zero attached hydrogens (tertiary/aromatic N) is 3. The first-order chi connectivity index (χ1) is 6.58. The predicted octanol–water partition coefficient (Wildman–Crippen LogP) is 2.21. The van der Waals surface area contributed by atoms with Gasteiger partial charge in [0.2, 0.25) is 11.2 Å². The standard InChI is InChI=1S/C9H13ClN4/c1-6(2)4-5-11-9-13-7(3)12-8(10)14-9/h1,4-5H2,2-3H3,(H,11,12,13,14). The third kappa shape index (κ3) is 3.70. The summed E-state index contributed by atoms with van der Waals surface area (Å²) in [6.45, 7) is 8.32. The van der Waals surface area contributed by atoms with E-state index in [1.807, 2.05) is 6.92 Å². The van der Waals surface area contributed by atoms with Crippen molar-refractivity contribution in [2.75, 3.05) is 11.9 Å². The second-order valence-electron chi connectivity index (χ2n) is 3.11. The van der Waals surface area contributed by atoms with Gasteiger partial charge in [0.1, 0.15) is 5.82 Å². The average Bonchev–Trinajstić information content (AvgIpc) is 2.01. The van der Waals surface area contributed by atoms with Gasteiger partial charge in [-0.3, -0.25) is 0 Å². The summed E-state index contributed by atoms with van der Waals surface area (Å²) in [6.07, 6.45) is 0.891. The summed E-state index contributed by atoms with van der Waals surface area (Å²) < 4.78 is 0. The van der Waals surface area contributed by atoms with Gasteiger partial charge in [-0.25, -0.2) is 4.98 Å². The van der Waals surface area contributed by atoms with E-state index in [1.165, 1.54) is 0 Å². The number of nitrogens with one attached hydrogen (secondary N) is 1. The van der Waals surface area contributed by atoms with Crippen molar-refractivity contribution in [3.63, 3.8) is 0 Å². The topological polar surface area (TPSA) is 50.7 Å². The first-order valence-corrected chi connectivity index (χ1v) is 4.72. The first-order valence-electron chi connectivity index (χ1n) is 4.34. The monoisotopic (exact) mass is 212 g/mol. The Bertz CT molecular complexity index is 317. The van der Waals surface area contributed by atoms with Crippen LogP contribution in [0.25, 0.3) is 0 Å². The smallest absolute Gasteiger partial charge is 0.227 e. The molecule has 1 aromatic rings. The van der Waals surface area contributed by atoms with E-state index < -0.39 is 0 Å². The molecule has 0 aliphatic rings. The molecule has 0 aliphatic heterocycles. The molecular formula is C9H13ClN4. The van der Waals surface area contributed by atoms with Crippen LogP contribution in [0.15, 0.2) is 12.2 Å². The van der Waals surface area contributed by atoms with Crippen molar-refractivity contribution < 1.29 is 0 Å². The van der Waals surface area contributed by atoms with Crippen LogP contribution in [0.3, 0.4) is 0 Å². The Labute approximate surface area is 88.4 Å². The highest BCUT2D eigenvalue weighted by Crippen LogP contribution is 2.05. The van der Waals surface area contributed by atoms with E-state index in [0.717, 1.165) is 18.5 Å². The zero-order valence-corrected chi connectivity index (χ0v) is 9.10. The van der Waals surface area contributed by atoms with Gasteiger partial charge in [0, 0.05) is 6.54 Å². The molecule has 1 N–H and O–H groups in total. The lowest BCUT2D eigenvalue weighted by molar-refractivity contribution is 0.929. The van der Waals surface area contributed by atoms with Gasteiger partial charge < -0.3 is 5.32 Å². The zero-order chi connectivity index (χ0) is 10.6. The zero-order valence-electron chi connectivity index (χ0n) is 8.34. The van der Waals surface area contributed by atoms with Gasteiger partial charge in [0.25, 0.3) is 0 Å². The van der Waals surface area contributed by atoms with Crippen LogP contribution in [0.4, 0.5) is 5.95 Å². The normalized spacial score (nSPS) is 9.93. The lowest BCUT2D eigenvalue weighted by atomic mass is 10.2. The van der Waals surface area contributed by atoms with Crippen molar-refractivity contribution in [3.8, 4) is 0 Å². The van der Waals surface area contributed by atoms with E-state index in [-0.39, 0.29) is 5.28 Å². The molecule has 14 heavy (non-hydrogen) atoms. The summed E-state index contributed by atoms with van der Waals surface area (Å²) in [5.41, 5.74) is 1.12. The number of anilines is 1. The Hall–Kier alpha value is -1.16. The van der Waals surface area contributed by atoms with Gasteiger partial charge in [-0.15, -0.1) is 6.58 Å². The fourth-order valence-electron chi connectivity index (χ4n) is 0.916. The summed E-state index contributed by atoms with van der Waals surface area (Å²) in [5, 5.41) is 3.27. The maximum absolute atomic E-state index is 5.67. The van der Waals surface area contributed by atoms with Gasteiger partial charge in [0.05, 0.1) is 0 Å². The predicted molar refractivity (Wildman–Crippen MR) is 57.5 cm³/mol. The Morgan fingerprint density at radius 3 is 2.71 bits per heavy atom. The van der Waals surface area contributed by atoms with Crippen molar-refractivity contribution in [1.82, 2.24) is 15.0 Å². The SMILES string of the molecule is C=C(C)CCNc1nc(C)nc(Cl)n1. The molecule has 0 unspecified atom stereocenters. The molecule has 0 bridgehead atoms. The molecule has 0 aromatic carbocycles. The number of rotatable bonds is 4. The Morgan fingerprint density at radius 1 is 1.43 bits per heavy atom. The Kier molecular flexibility index (Phi) is 3.83. The van der Waals surface area contributed by atoms with E-state index in [9.17, 15) is 0 Å². The molecule has 0 radical (unpaired) electrons. The quantitative estimate of drug-likeness (QED) is 0.778. The largest absolute Gasteiger partial charge is 0.354 e. The van der Waals surface area contributed by atoms with Crippen molar-refractivity contribution in [2.45, 2.75) is 20.3 Å². The maximum atomic E-state index is 5.67. The van der Waals surface area contributed by atoms with E-state index in [1.54, 1.807) is 6.92 Å². The van der Waals surface area contributed by atoms with Gasteiger partial charge in [0.15, 0.2) is 0 Å². The fraction of sp³-hybridized carbons (Fsp3) is 0.444. The van der Waals surface area contributed by atoms with Crippen LogP contribution in [0.1, 0.15) is 19.2 Å². The summed E-state index contributed by atoms with van der Waals surface area (Å²) >= 11 is 5.67. The van der Waals surface area contributed by atoms with Gasteiger partial charge >= 0.3 is 0 Å². The maximum Gasteiger partial charge on any atom is 0.227 e. The van der Waals surface area contributed by atoms with Gasteiger partial charge in [-0.1, -0.05) is 5.57 Å². The molecule has 5 heteroatoms. The van der Waals surface area contributed by atoms with Crippen LogP contribution < -0.4 is 5.32 Å². The lowest BCUT2D eigenvalue weighted by Crippen LogP contribution is -2.07. The molecule has 4 nitrogen and oxygen atoms in total. The third-order valence-corrected chi connectivity index (χ3v) is 1.72. The molecule has 1 heterocycles. The number of aryl methyl sites for hydroxylation is 1. The molecule has 0 saturated heterocycles. The molecule has 0 atom stereocenters. The number of aromatic nitrogens is 3. The summed E-state index contributed by atoms with van der Waals surface area (Å²) in [7, 11) is 0. The fourth-order valence-corrected chi connectivity index (χ4v) is 1.12. The molecule has 0 amide bonds. The average molecular weight is 213 g/mol. The molecule has 1 rings (SSSR count). The highest BCUT2D eigenvalue weighted by atomic mass is 35.5. The van der Waals surface area contributed by atoms with E-state index in [0.29, 0.717) is 11.8 Å².